The van der Waals surface area contributed by atoms with Crippen LogP contribution >= 0.6 is 0 Å². The van der Waals surface area contributed by atoms with Crippen molar-refractivity contribution in [2.45, 2.75) is 6.92 Å². The molecule has 0 saturated heterocycles. The number of rotatable bonds is 2. The van der Waals surface area contributed by atoms with E-state index in [9.17, 15) is 0 Å². The average Bonchev–Trinajstić information content (AvgIpc) is 2.73. The molecular weight excluding hydrogens is 362 g/mol. The fourth-order valence-corrected chi connectivity index (χ4v) is 2.98. The van der Waals surface area contributed by atoms with E-state index >= 15 is 0 Å². The van der Waals surface area contributed by atoms with Crippen LogP contribution in [0.5, 0.6) is 0 Å². The highest BCUT2D eigenvalue weighted by Crippen LogP contribution is 2.27. The largest absolute Gasteiger partial charge is 0.384 e. The molecule has 0 bridgehead atoms. The summed E-state index contributed by atoms with van der Waals surface area (Å²) in [6, 6.07) is 13.4. The van der Waals surface area contributed by atoms with E-state index in [2.05, 4.69) is 37.1 Å². The van der Waals surface area contributed by atoms with Crippen LogP contribution in [0.3, 0.4) is 0 Å². The Morgan fingerprint density at radius 3 is 2.55 bits per heavy atom. The Morgan fingerprint density at radius 1 is 0.931 bits per heavy atom. The number of aromatic nitrogens is 4. The van der Waals surface area contributed by atoms with Crippen molar-refractivity contribution in [1.29, 1.82) is 0 Å². The van der Waals surface area contributed by atoms with Crippen molar-refractivity contribution in [1.82, 2.24) is 19.9 Å². The Labute approximate surface area is 168 Å². The van der Waals surface area contributed by atoms with Crippen LogP contribution in [0, 0.1) is 18.8 Å². The van der Waals surface area contributed by atoms with Crippen LogP contribution in [0.4, 0.5) is 17.6 Å². The van der Waals surface area contributed by atoms with E-state index in [0.29, 0.717) is 17.2 Å². The van der Waals surface area contributed by atoms with E-state index in [1.165, 1.54) is 0 Å². The second-order valence-corrected chi connectivity index (χ2v) is 6.47. The summed E-state index contributed by atoms with van der Waals surface area (Å²) in [5.41, 5.74) is 16.2. The zero-order valence-electron chi connectivity index (χ0n) is 16.1. The van der Waals surface area contributed by atoms with E-state index in [0.717, 1.165) is 33.4 Å². The molecule has 0 aliphatic rings. The normalized spacial score (nSPS) is 10.4. The Bertz CT molecular complexity index is 1270. The molecule has 7 heteroatoms. The van der Waals surface area contributed by atoms with Crippen LogP contribution < -0.4 is 16.8 Å². The monoisotopic (exact) mass is 381 g/mol. The zero-order valence-corrected chi connectivity index (χ0v) is 16.1. The summed E-state index contributed by atoms with van der Waals surface area (Å²) >= 11 is 0. The van der Waals surface area contributed by atoms with Crippen molar-refractivity contribution in [2.24, 2.45) is 0 Å². The van der Waals surface area contributed by atoms with Gasteiger partial charge in [0.25, 0.3) is 0 Å². The number of nitrogens with one attached hydrogen (secondary N) is 1. The van der Waals surface area contributed by atoms with Crippen LogP contribution in [0.25, 0.3) is 22.2 Å². The number of hydrogen-bond acceptors (Lipinski definition) is 7. The van der Waals surface area contributed by atoms with Crippen LogP contribution in [-0.4, -0.2) is 27.0 Å². The highest BCUT2D eigenvalue weighted by atomic mass is 15.0. The third kappa shape index (κ3) is 3.77. The quantitative estimate of drug-likeness (QED) is 0.457. The second kappa shape index (κ2) is 7.44. The minimum absolute atomic E-state index is 0.209. The molecular formula is C22H19N7. The topological polar surface area (TPSA) is 116 Å². The standard InChI is InChI=1S/C22H19N7/c1-13-17(7-3-14-4-9-19(23)26-12-14)21(29-22(24)27-13)16-5-8-18-15(11-16)6-10-20(25-2)28-18/h4-6,8-12H,1-2H3,(H2,23,26)(H,25,28)(H2,24,27,29). The Hall–Kier alpha value is -4.18. The maximum absolute atomic E-state index is 5.93. The van der Waals surface area contributed by atoms with E-state index in [4.69, 9.17) is 11.5 Å². The Kier molecular flexibility index (Phi) is 4.67. The number of nitrogen functional groups attached to an aromatic ring is 2. The minimum Gasteiger partial charge on any atom is -0.384 e. The van der Waals surface area contributed by atoms with Gasteiger partial charge in [0.2, 0.25) is 5.95 Å². The van der Waals surface area contributed by atoms with Gasteiger partial charge in [-0.05, 0) is 43.3 Å². The van der Waals surface area contributed by atoms with Gasteiger partial charge in [0.1, 0.15) is 11.6 Å². The fourth-order valence-electron chi connectivity index (χ4n) is 2.98. The molecule has 0 radical (unpaired) electrons. The van der Waals surface area contributed by atoms with Gasteiger partial charge in [0.05, 0.1) is 22.5 Å². The van der Waals surface area contributed by atoms with Crippen LogP contribution in [0.15, 0.2) is 48.7 Å². The summed E-state index contributed by atoms with van der Waals surface area (Å²) in [6.07, 6.45) is 1.64. The molecule has 4 aromatic rings. The van der Waals surface area contributed by atoms with Crippen molar-refractivity contribution in [3.05, 3.63) is 65.5 Å². The van der Waals surface area contributed by atoms with Gasteiger partial charge in [-0.15, -0.1) is 0 Å². The Morgan fingerprint density at radius 2 is 1.79 bits per heavy atom. The number of nitrogens with zero attached hydrogens (tertiary/aromatic N) is 4. The molecule has 1 aromatic carbocycles. The predicted molar refractivity (Wildman–Crippen MR) is 116 cm³/mol. The summed E-state index contributed by atoms with van der Waals surface area (Å²) < 4.78 is 0. The van der Waals surface area contributed by atoms with Gasteiger partial charge in [-0.25, -0.2) is 19.9 Å². The summed E-state index contributed by atoms with van der Waals surface area (Å²) in [6.45, 7) is 1.87. The van der Waals surface area contributed by atoms with Gasteiger partial charge in [-0.1, -0.05) is 17.9 Å². The minimum atomic E-state index is 0.209. The first-order valence-electron chi connectivity index (χ1n) is 9.00. The molecule has 4 rings (SSSR count). The molecule has 0 atom stereocenters. The lowest BCUT2D eigenvalue weighted by atomic mass is 10.0. The summed E-state index contributed by atoms with van der Waals surface area (Å²) in [5, 5.41) is 4.04. The number of nitrogens with two attached hydrogens (primary N) is 2. The second-order valence-electron chi connectivity index (χ2n) is 6.47. The van der Waals surface area contributed by atoms with Gasteiger partial charge in [-0.3, -0.25) is 0 Å². The zero-order chi connectivity index (χ0) is 20.4. The Balaban J connectivity index is 1.83. The van der Waals surface area contributed by atoms with Crippen LogP contribution in [0.2, 0.25) is 0 Å². The summed E-state index contributed by atoms with van der Waals surface area (Å²) in [4.78, 5) is 17.4. The van der Waals surface area contributed by atoms with Crippen molar-refractivity contribution < 1.29 is 0 Å². The van der Waals surface area contributed by atoms with Gasteiger partial charge < -0.3 is 16.8 Å². The van der Waals surface area contributed by atoms with Gasteiger partial charge in [-0.2, -0.15) is 0 Å². The average molecular weight is 381 g/mol. The lowest BCUT2D eigenvalue weighted by Crippen LogP contribution is -2.03. The first-order chi connectivity index (χ1) is 14.0. The molecule has 0 spiro atoms. The molecule has 7 nitrogen and oxygen atoms in total. The molecule has 0 amide bonds. The SMILES string of the molecule is CNc1ccc2cc(-c3nc(N)nc(C)c3C#Cc3ccc(N)nc3)ccc2n1. The number of benzene rings is 1. The smallest absolute Gasteiger partial charge is 0.220 e. The van der Waals surface area contributed by atoms with Crippen molar-refractivity contribution in [3.63, 3.8) is 0 Å². The molecule has 142 valence electrons. The van der Waals surface area contributed by atoms with Crippen LogP contribution in [0.1, 0.15) is 16.8 Å². The maximum Gasteiger partial charge on any atom is 0.220 e. The number of hydrogen-bond donors (Lipinski definition) is 3. The first kappa shape index (κ1) is 18.2. The molecule has 0 unspecified atom stereocenters. The van der Waals surface area contributed by atoms with Crippen molar-refractivity contribution >= 4 is 28.5 Å². The molecule has 0 aliphatic heterocycles. The van der Waals surface area contributed by atoms with Gasteiger partial charge in [0.15, 0.2) is 0 Å². The van der Waals surface area contributed by atoms with Crippen molar-refractivity contribution in [3.8, 4) is 23.1 Å². The fraction of sp³-hybridized carbons (Fsp3) is 0.0909. The molecule has 29 heavy (non-hydrogen) atoms. The predicted octanol–water partition coefficient (Wildman–Crippen LogP) is 3.00. The molecule has 0 fully saturated rings. The summed E-state index contributed by atoms with van der Waals surface area (Å²) in [7, 11) is 1.84. The lowest BCUT2D eigenvalue weighted by molar-refractivity contribution is 1.11. The van der Waals surface area contributed by atoms with Gasteiger partial charge >= 0.3 is 0 Å². The highest BCUT2D eigenvalue weighted by molar-refractivity contribution is 5.86. The van der Waals surface area contributed by atoms with E-state index in [-0.39, 0.29) is 5.95 Å². The number of anilines is 3. The van der Waals surface area contributed by atoms with Crippen LogP contribution in [-0.2, 0) is 0 Å². The lowest BCUT2D eigenvalue weighted by Gasteiger charge is -2.09. The molecule has 0 aliphatic carbocycles. The third-order valence-corrected chi connectivity index (χ3v) is 4.44. The van der Waals surface area contributed by atoms with E-state index < -0.39 is 0 Å². The molecule has 5 N–H and O–H groups in total. The molecule has 3 aromatic heterocycles. The molecule has 3 heterocycles. The first-order valence-corrected chi connectivity index (χ1v) is 9.00. The number of pyridine rings is 2. The van der Waals surface area contributed by atoms with Gasteiger partial charge in [0, 0.05) is 29.8 Å². The molecule has 0 saturated carbocycles. The highest BCUT2D eigenvalue weighted by Gasteiger charge is 2.12. The van der Waals surface area contributed by atoms with E-state index in [1.807, 2.05) is 50.4 Å². The van der Waals surface area contributed by atoms with E-state index in [1.54, 1.807) is 12.3 Å². The van der Waals surface area contributed by atoms with Crippen molar-refractivity contribution in [2.75, 3.05) is 23.8 Å². The number of fused-ring (bicyclic) bond motifs is 1. The maximum atomic E-state index is 5.93. The number of aryl methyl sites for hydroxylation is 1. The summed E-state index contributed by atoms with van der Waals surface area (Å²) in [5.74, 6) is 7.75. The third-order valence-electron chi connectivity index (χ3n) is 4.44.